The van der Waals surface area contributed by atoms with Crippen molar-refractivity contribution >= 4 is 35.9 Å². The Morgan fingerprint density at radius 2 is 1.65 bits per heavy atom. The van der Waals surface area contributed by atoms with E-state index in [1.165, 1.54) is 36.1 Å². The number of non-ortho nitro benzene ring substituents is 1. The summed E-state index contributed by atoms with van der Waals surface area (Å²) in [7, 11) is 0. The molecule has 0 bridgehead atoms. The van der Waals surface area contributed by atoms with E-state index >= 15 is 0 Å². The summed E-state index contributed by atoms with van der Waals surface area (Å²) in [6, 6.07) is 3.89. The summed E-state index contributed by atoms with van der Waals surface area (Å²) in [5.74, 6) is -1.71. The smallest absolute Gasteiger partial charge is 0.328 e. The first-order valence-corrected chi connectivity index (χ1v) is 10.0. The first-order chi connectivity index (χ1) is 14.3. The fraction of sp³-hybridized carbons (Fsp3) is 0.550. The number of nitro benzene ring substituents is 1. The third-order valence-corrected chi connectivity index (χ3v) is 5.81. The van der Waals surface area contributed by atoms with E-state index in [4.69, 9.17) is 0 Å². The van der Waals surface area contributed by atoms with E-state index in [-0.39, 0.29) is 49.4 Å². The van der Waals surface area contributed by atoms with Gasteiger partial charge in [0.1, 0.15) is 0 Å². The van der Waals surface area contributed by atoms with Crippen LogP contribution < -0.4 is 0 Å². The highest BCUT2D eigenvalue weighted by atomic mass is 35.5. The molecule has 31 heavy (non-hydrogen) atoms. The van der Waals surface area contributed by atoms with E-state index in [0.29, 0.717) is 12.1 Å². The number of carbonyl (C=O) groups is 3. The van der Waals surface area contributed by atoms with Gasteiger partial charge in [-0.2, -0.15) is 0 Å². The maximum absolute atomic E-state index is 13.0. The lowest BCUT2D eigenvalue weighted by molar-refractivity contribution is -0.384. The number of hydrogen-bond donors (Lipinski definition) is 1. The zero-order valence-corrected chi connectivity index (χ0v) is 18.1. The zero-order valence-electron chi connectivity index (χ0n) is 17.3. The van der Waals surface area contributed by atoms with Crippen molar-refractivity contribution in [2.45, 2.75) is 38.3 Å². The van der Waals surface area contributed by atoms with E-state index in [2.05, 4.69) is 4.90 Å². The van der Waals surface area contributed by atoms with Gasteiger partial charge in [0.2, 0.25) is 11.8 Å². The van der Waals surface area contributed by atoms with Crippen molar-refractivity contribution in [1.29, 1.82) is 0 Å². The Morgan fingerprint density at radius 1 is 1.06 bits per heavy atom. The molecule has 1 N–H and O–H groups in total. The van der Waals surface area contributed by atoms with Crippen LogP contribution in [0.2, 0.25) is 0 Å². The summed E-state index contributed by atoms with van der Waals surface area (Å²) in [5.41, 5.74) is 0.496. The highest BCUT2D eigenvalue weighted by Gasteiger charge is 2.44. The number of carboxylic acids is 1. The molecule has 2 saturated heterocycles. The molecule has 2 unspecified atom stereocenters. The van der Waals surface area contributed by atoms with Crippen LogP contribution in [0.4, 0.5) is 5.69 Å². The minimum atomic E-state index is -1.14. The van der Waals surface area contributed by atoms with E-state index in [1.54, 1.807) is 4.90 Å². The molecule has 2 amide bonds. The van der Waals surface area contributed by atoms with Crippen molar-refractivity contribution in [2.24, 2.45) is 0 Å². The molecule has 0 saturated carbocycles. The van der Waals surface area contributed by atoms with Crippen LogP contribution >= 0.6 is 12.4 Å². The van der Waals surface area contributed by atoms with Gasteiger partial charge in [0.15, 0.2) is 6.04 Å². The molecule has 3 rings (SSSR count). The van der Waals surface area contributed by atoms with Gasteiger partial charge in [0.25, 0.3) is 5.69 Å². The molecule has 11 heteroatoms. The predicted molar refractivity (Wildman–Crippen MR) is 114 cm³/mol. The molecular formula is C20H27ClN4O6. The topological polar surface area (TPSA) is 124 Å². The summed E-state index contributed by atoms with van der Waals surface area (Å²) in [4.78, 5) is 52.6. The maximum atomic E-state index is 13.0. The number of halogens is 1. The number of amides is 2. The molecule has 0 spiro atoms. The molecular weight excluding hydrogens is 428 g/mol. The number of piperazine rings is 1. The van der Waals surface area contributed by atoms with E-state index < -0.39 is 23.0 Å². The molecule has 2 heterocycles. The second-order valence-electron chi connectivity index (χ2n) is 7.76. The average Bonchev–Trinajstić information content (AvgIpc) is 3.20. The van der Waals surface area contributed by atoms with E-state index in [9.17, 15) is 29.6 Å². The highest BCUT2D eigenvalue weighted by Crippen LogP contribution is 2.23. The second-order valence-corrected chi connectivity index (χ2v) is 7.76. The zero-order chi connectivity index (χ0) is 21.8. The number of nitro groups is 1. The number of likely N-dealkylation sites (tertiary alicyclic amines) is 1. The number of carbonyl (C=O) groups excluding carboxylic acids is 2. The quantitative estimate of drug-likeness (QED) is 0.505. The van der Waals surface area contributed by atoms with Crippen molar-refractivity contribution in [2.75, 3.05) is 32.7 Å². The van der Waals surface area contributed by atoms with Gasteiger partial charge >= 0.3 is 5.97 Å². The van der Waals surface area contributed by atoms with Gasteiger partial charge in [0, 0.05) is 38.7 Å². The molecule has 10 nitrogen and oxygen atoms in total. The van der Waals surface area contributed by atoms with Gasteiger partial charge < -0.3 is 19.8 Å². The first-order valence-electron chi connectivity index (χ1n) is 10.0. The monoisotopic (exact) mass is 454 g/mol. The molecule has 2 aliphatic rings. The van der Waals surface area contributed by atoms with Gasteiger partial charge in [0.05, 0.1) is 17.4 Å². The van der Waals surface area contributed by atoms with Crippen LogP contribution in [0.3, 0.4) is 0 Å². The van der Waals surface area contributed by atoms with Crippen LogP contribution in [-0.2, 0) is 20.8 Å². The third-order valence-electron chi connectivity index (χ3n) is 5.81. The van der Waals surface area contributed by atoms with Crippen molar-refractivity contribution in [3.05, 3.63) is 39.9 Å². The van der Waals surface area contributed by atoms with Crippen LogP contribution in [0.25, 0.3) is 0 Å². The second kappa shape index (κ2) is 10.5. The largest absolute Gasteiger partial charge is 0.480 e. The molecule has 0 aliphatic carbocycles. The minimum absolute atomic E-state index is 0. The molecule has 1 aromatic carbocycles. The maximum Gasteiger partial charge on any atom is 0.328 e. The summed E-state index contributed by atoms with van der Waals surface area (Å²) in [6.07, 6.45) is 2.01. The number of benzene rings is 1. The third kappa shape index (κ3) is 5.71. The molecule has 170 valence electrons. The molecule has 0 radical (unpaired) electrons. The van der Waals surface area contributed by atoms with Crippen LogP contribution in [0.15, 0.2) is 24.3 Å². The average molecular weight is 455 g/mol. The highest BCUT2D eigenvalue weighted by molar-refractivity contribution is 5.87. The lowest BCUT2D eigenvalue weighted by Crippen LogP contribution is -2.67. The Balaban J connectivity index is 0.00000341. The fourth-order valence-electron chi connectivity index (χ4n) is 4.31. The number of nitrogens with zero attached hydrogens (tertiary/aromatic N) is 4. The SMILES string of the molecule is CC(=O)N1CCN(C(=O)Cc2ccc([N+](=O)[O-])cc2)C(C(=O)O)C1CN1CCCC1.Cl. The molecule has 0 aromatic heterocycles. The molecule has 2 aliphatic heterocycles. The molecule has 2 fully saturated rings. The molecule has 2 atom stereocenters. The van der Waals surface area contributed by atoms with Crippen molar-refractivity contribution in [1.82, 2.24) is 14.7 Å². The van der Waals surface area contributed by atoms with Crippen molar-refractivity contribution < 1.29 is 24.4 Å². The summed E-state index contributed by atoms with van der Waals surface area (Å²) >= 11 is 0. The van der Waals surface area contributed by atoms with Crippen molar-refractivity contribution in [3.63, 3.8) is 0 Å². The predicted octanol–water partition coefficient (Wildman–Crippen LogP) is 1.17. The van der Waals surface area contributed by atoms with E-state index in [1.807, 2.05) is 0 Å². The van der Waals surface area contributed by atoms with Gasteiger partial charge in [-0.3, -0.25) is 19.7 Å². The van der Waals surface area contributed by atoms with Gasteiger partial charge in [-0.25, -0.2) is 4.79 Å². The Hall–Kier alpha value is -2.72. The molecule has 1 aromatic rings. The Morgan fingerprint density at radius 3 is 2.16 bits per heavy atom. The Kier molecular flexibility index (Phi) is 8.35. The normalized spacial score (nSPS) is 21.5. The van der Waals surface area contributed by atoms with Gasteiger partial charge in [-0.1, -0.05) is 12.1 Å². The van der Waals surface area contributed by atoms with Gasteiger partial charge in [-0.05, 0) is 31.5 Å². The minimum Gasteiger partial charge on any atom is -0.480 e. The van der Waals surface area contributed by atoms with Crippen LogP contribution in [0, 0.1) is 10.1 Å². The Bertz CT molecular complexity index is 827. The Labute approximate surface area is 186 Å². The van der Waals surface area contributed by atoms with Gasteiger partial charge in [-0.15, -0.1) is 12.4 Å². The lowest BCUT2D eigenvalue weighted by atomic mass is 9.99. The van der Waals surface area contributed by atoms with Crippen LogP contribution in [-0.4, -0.2) is 87.3 Å². The number of carboxylic acid groups (broad SMARTS) is 1. The first kappa shape index (κ1) is 24.5. The number of hydrogen-bond acceptors (Lipinski definition) is 6. The van der Waals surface area contributed by atoms with E-state index in [0.717, 1.165) is 25.9 Å². The summed E-state index contributed by atoms with van der Waals surface area (Å²) in [5, 5.41) is 20.7. The summed E-state index contributed by atoms with van der Waals surface area (Å²) < 4.78 is 0. The number of rotatable bonds is 6. The van der Waals surface area contributed by atoms with Crippen LogP contribution in [0.5, 0.6) is 0 Å². The van der Waals surface area contributed by atoms with Crippen molar-refractivity contribution in [3.8, 4) is 0 Å². The number of aliphatic carboxylic acids is 1. The standard InChI is InChI=1S/C20H26N4O6.ClH/c1-14(25)22-10-11-23(18(26)12-15-4-6-16(7-5-15)24(29)30)19(20(27)28)17(22)13-21-8-2-3-9-21;/h4-7,17,19H,2-3,8-13H2,1H3,(H,27,28);1H. The lowest BCUT2D eigenvalue weighted by Gasteiger charge is -2.46. The fourth-order valence-corrected chi connectivity index (χ4v) is 4.31. The summed E-state index contributed by atoms with van der Waals surface area (Å²) in [6.45, 7) is 3.96. The van der Waals surface area contributed by atoms with Crippen LogP contribution in [0.1, 0.15) is 25.3 Å².